The van der Waals surface area contributed by atoms with Crippen LogP contribution in [0.4, 0.5) is 0 Å². The predicted molar refractivity (Wildman–Crippen MR) is 186 cm³/mol. The van der Waals surface area contributed by atoms with Crippen LogP contribution in [-0.2, 0) is 10.8 Å². The SMILES string of the molecule is CCCCC(Oc1ccc(C(=O)O)cc1)C1C[Si](C)(C)[Si](C)(C)OC1C.CCCCCc1ccc(-c2ccccc2)cc1. The normalized spacial score (nSPS) is 19.5. The summed E-state index contributed by atoms with van der Waals surface area (Å²) < 4.78 is 13.0. The average molecular weight is 619 g/mol. The highest BCUT2D eigenvalue weighted by Crippen LogP contribution is 2.40. The summed E-state index contributed by atoms with van der Waals surface area (Å²) in [7, 11) is -3.00. The van der Waals surface area contributed by atoms with Gasteiger partial charge in [0.2, 0.25) is 0 Å². The van der Waals surface area contributed by atoms with Crippen molar-refractivity contribution in [2.45, 2.75) is 110 Å². The number of aromatic carboxylic acids is 1. The van der Waals surface area contributed by atoms with Gasteiger partial charge in [-0.25, -0.2) is 4.79 Å². The van der Waals surface area contributed by atoms with Crippen molar-refractivity contribution in [2.24, 2.45) is 5.92 Å². The standard InChI is InChI=1S/C20H34O4Si2.C17H20/c1-7-8-9-19(23-17-12-10-16(11-13-17)20(21)22)18-14-25(3,4)26(5,6)24-15(18)2;1-2-3-5-8-15-11-13-17(14-12-15)16-9-6-4-7-10-16/h10-13,15,18-19H,7-9,14H2,1-6H3,(H,21,22);4,6-7,9-14H,2-3,5,8H2,1H3. The number of hydrogen-bond acceptors (Lipinski definition) is 3. The van der Waals surface area contributed by atoms with Gasteiger partial charge >= 0.3 is 5.97 Å². The molecular formula is C37H54O4Si2. The van der Waals surface area contributed by atoms with E-state index in [2.05, 4.69) is 102 Å². The summed E-state index contributed by atoms with van der Waals surface area (Å²) in [6, 6.07) is 27.6. The van der Waals surface area contributed by atoms with Gasteiger partial charge in [-0.05, 0) is 86.3 Å². The van der Waals surface area contributed by atoms with E-state index in [4.69, 9.17) is 14.3 Å². The third-order valence-corrected chi connectivity index (χ3v) is 25.8. The molecule has 0 aromatic heterocycles. The number of rotatable bonds is 12. The summed E-state index contributed by atoms with van der Waals surface area (Å²) in [5.74, 6) is 0.251. The molecule has 234 valence electrons. The molecule has 0 amide bonds. The lowest BCUT2D eigenvalue weighted by Gasteiger charge is -2.50. The van der Waals surface area contributed by atoms with Crippen molar-refractivity contribution >= 4 is 21.4 Å². The molecule has 0 saturated carbocycles. The Hall–Kier alpha value is -2.68. The second kappa shape index (κ2) is 16.4. The molecule has 4 nitrogen and oxygen atoms in total. The number of ether oxygens (including phenoxy) is 1. The summed E-state index contributed by atoms with van der Waals surface area (Å²) in [6.45, 7) is 16.3. The predicted octanol–water partition coefficient (Wildman–Crippen LogP) is 10.4. The minimum atomic E-state index is -1.59. The highest BCUT2D eigenvalue weighted by atomic mass is 29.3. The van der Waals surface area contributed by atoms with Gasteiger partial charge in [0.1, 0.15) is 11.9 Å². The maximum absolute atomic E-state index is 11.0. The van der Waals surface area contributed by atoms with Crippen LogP contribution in [0.1, 0.15) is 75.2 Å². The first-order valence-corrected chi connectivity index (χ1v) is 23.4. The Labute approximate surface area is 262 Å². The lowest BCUT2D eigenvalue weighted by Crippen LogP contribution is -2.65. The largest absolute Gasteiger partial charge is 0.490 e. The monoisotopic (exact) mass is 618 g/mol. The van der Waals surface area contributed by atoms with Crippen LogP contribution in [0, 0.1) is 5.92 Å². The first-order chi connectivity index (χ1) is 20.5. The van der Waals surface area contributed by atoms with Gasteiger partial charge in [0.05, 0.1) is 13.2 Å². The van der Waals surface area contributed by atoms with Gasteiger partial charge in [0, 0.05) is 12.0 Å². The fraction of sp³-hybridized carbons (Fsp3) is 0.486. The first kappa shape index (κ1) is 34.8. The van der Waals surface area contributed by atoms with Crippen molar-refractivity contribution < 1.29 is 19.1 Å². The number of carboxylic acids is 1. The van der Waals surface area contributed by atoms with Crippen LogP contribution >= 0.6 is 0 Å². The molecular weight excluding hydrogens is 565 g/mol. The molecule has 4 rings (SSSR count). The number of unbranched alkanes of at least 4 members (excludes halogenated alkanes) is 3. The Balaban J connectivity index is 0.000000257. The Kier molecular flexibility index (Phi) is 13.3. The molecule has 1 aliphatic heterocycles. The van der Waals surface area contributed by atoms with E-state index in [-0.39, 0.29) is 17.8 Å². The summed E-state index contributed by atoms with van der Waals surface area (Å²) in [6.07, 6.45) is 8.77. The lowest BCUT2D eigenvalue weighted by molar-refractivity contribution is 0.0447. The summed E-state index contributed by atoms with van der Waals surface area (Å²) in [5, 5.41) is 9.07. The van der Waals surface area contributed by atoms with Gasteiger partial charge in [-0.2, -0.15) is 0 Å². The minimum absolute atomic E-state index is 0.123. The number of aryl methyl sites for hydroxylation is 1. The van der Waals surface area contributed by atoms with Crippen LogP contribution in [0.2, 0.25) is 32.2 Å². The number of hydrogen-bond donors (Lipinski definition) is 1. The van der Waals surface area contributed by atoms with E-state index in [1.54, 1.807) is 24.3 Å². The zero-order valence-electron chi connectivity index (χ0n) is 27.6. The zero-order valence-corrected chi connectivity index (χ0v) is 29.6. The third kappa shape index (κ3) is 10.2. The molecule has 0 spiro atoms. The molecule has 3 unspecified atom stereocenters. The molecule has 6 heteroatoms. The molecule has 1 N–H and O–H groups in total. The van der Waals surface area contributed by atoms with Crippen molar-refractivity contribution in [1.29, 1.82) is 0 Å². The van der Waals surface area contributed by atoms with Crippen LogP contribution in [0.3, 0.4) is 0 Å². The molecule has 3 atom stereocenters. The van der Waals surface area contributed by atoms with Crippen LogP contribution in [0.15, 0.2) is 78.9 Å². The van der Waals surface area contributed by atoms with E-state index in [0.717, 1.165) is 25.0 Å². The van der Waals surface area contributed by atoms with Crippen molar-refractivity contribution in [3.05, 3.63) is 90.0 Å². The first-order valence-electron chi connectivity index (χ1n) is 16.3. The van der Waals surface area contributed by atoms with E-state index in [0.29, 0.717) is 5.92 Å². The fourth-order valence-corrected chi connectivity index (χ4v) is 13.2. The summed E-state index contributed by atoms with van der Waals surface area (Å²) in [5.41, 5.74) is 4.36. The molecule has 1 fully saturated rings. The Morgan fingerprint density at radius 1 is 0.860 bits per heavy atom. The van der Waals surface area contributed by atoms with Crippen molar-refractivity contribution in [2.75, 3.05) is 0 Å². The topological polar surface area (TPSA) is 55.8 Å². The molecule has 0 radical (unpaired) electrons. The minimum Gasteiger partial charge on any atom is -0.490 e. The average Bonchev–Trinajstić information content (AvgIpc) is 2.99. The lowest BCUT2D eigenvalue weighted by atomic mass is 9.94. The Bertz CT molecular complexity index is 1240. The molecule has 1 aliphatic rings. The molecule has 1 saturated heterocycles. The Morgan fingerprint density at radius 2 is 1.47 bits per heavy atom. The number of carbonyl (C=O) groups is 1. The van der Waals surface area contributed by atoms with Crippen molar-refractivity contribution in [3.8, 4) is 16.9 Å². The van der Waals surface area contributed by atoms with Gasteiger partial charge < -0.3 is 14.3 Å². The quantitative estimate of drug-likeness (QED) is 0.162. The van der Waals surface area contributed by atoms with Gasteiger partial charge in [0.15, 0.2) is 7.83 Å². The van der Waals surface area contributed by atoms with Gasteiger partial charge in [-0.1, -0.05) is 107 Å². The zero-order chi connectivity index (χ0) is 31.5. The summed E-state index contributed by atoms with van der Waals surface area (Å²) in [4.78, 5) is 11.0. The van der Waals surface area contributed by atoms with Gasteiger partial charge in [-0.15, -0.1) is 0 Å². The smallest absolute Gasteiger partial charge is 0.335 e. The van der Waals surface area contributed by atoms with E-state index >= 15 is 0 Å². The molecule has 3 aromatic rings. The molecule has 1 heterocycles. The van der Waals surface area contributed by atoms with E-state index in [1.165, 1.54) is 48.4 Å². The van der Waals surface area contributed by atoms with Crippen LogP contribution in [0.25, 0.3) is 11.1 Å². The fourth-order valence-electron chi connectivity index (χ4n) is 5.84. The third-order valence-electron chi connectivity index (χ3n) is 9.30. The second-order valence-electron chi connectivity index (χ2n) is 13.2. The number of benzene rings is 3. The number of carboxylic acid groups (broad SMARTS) is 1. The van der Waals surface area contributed by atoms with Crippen LogP contribution in [-0.4, -0.2) is 38.7 Å². The highest BCUT2D eigenvalue weighted by molar-refractivity contribution is 7.38. The Morgan fingerprint density at radius 3 is 2.05 bits per heavy atom. The van der Waals surface area contributed by atoms with Gasteiger partial charge in [-0.3, -0.25) is 0 Å². The maximum atomic E-state index is 11.0. The molecule has 0 aliphatic carbocycles. The maximum Gasteiger partial charge on any atom is 0.335 e. The highest BCUT2D eigenvalue weighted by Gasteiger charge is 2.52. The van der Waals surface area contributed by atoms with E-state index in [1.807, 2.05) is 0 Å². The summed E-state index contributed by atoms with van der Waals surface area (Å²) >= 11 is 0. The van der Waals surface area contributed by atoms with Crippen molar-refractivity contribution in [1.82, 2.24) is 0 Å². The van der Waals surface area contributed by atoms with E-state index < -0.39 is 21.4 Å². The van der Waals surface area contributed by atoms with Crippen LogP contribution < -0.4 is 4.74 Å². The molecule has 3 aromatic carbocycles. The van der Waals surface area contributed by atoms with Gasteiger partial charge in [0.25, 0.3) is 0 Å². The van der Waals surface area contributed by atoms with Crippen molar-refractivity contribution in [3.63, 3.8) is 0 Å². The molecule has 0 bridgehead atoms. The van der Waals surface area contributed by atoms with Crippen LogP contribution in [0.5, 0.6) is 5.75 Å². The van der Waals surface area contributed by atoms with E-state index in [9.17, 15) is 4.79 Å². The second-order valence-corrected chi connectivity index (χ2v) is 28.3. The molecule has 43 heavy (non-hydrogen) atoms.